The van der Waals surface area contributed by atoms with Crippen LogP contribution >= 0.6 is 0 Å². The van der Waals surface area contributed by atoms with Gasteiger partial charge in [-0.05, 0) is 83.3 Å². The van der Waals surface area contributed by atoms with Crippen LogP contribution in [0.5, 0.6) is 0 Å². The van der Waals surface area contributed by atoms with Gasteiger partial charge in [0.25, 0.3) is 0 Å². The number of fused-ring (bicyclic) bond motifs is 8. The number of nitrogens with zero attached hydrogens (tertiary/aromatic N) is 4. The van der Waals surface area contributed by atoms with E-state index in [0.717, 1.165) is 22.4 Å². The molecule has 4 aromatic carbocycles. The Morgan fingerprint density at radius 3 is 1.92 bits per heavy atom. The van der Waals surface area contributed by atoms with Crippen molar-refractivity contribution in [3.63, 3.8) is 0 Å². The van der Waals surface area contributed by atoms with Gasteiger partial charge >= 0.3 is 0 Å². The molecule has 0 fully saturated rings. The fraction of sp³-hybridized carbons (Fsp3) is 0.150. The number of rotatable bonds is 3. The predicted octanol–water partition coefficient (Wildman–Crippen LogP) is 8.45. The molecule has 2 aromatic heterocycles. The first-order valence-electron chi connectivity index (χ1n) is 17.0. The highest BCUT2D eigenvalue weighted by Gasteiger charge is 2.49. The van der Waals surface area contributed by atoms with E-state index in [4.69, 9.17) is 0 Å². The minimum absolute atomic E-state index is 0.0758. The first-order valence-corrected chi connectivity index (χ1v) is 21.9. The molecule has 3 unspecified atom stereocenters. The number of sulfone groups is 1. The summed E-state index contributed by atoms with van der Waals surface area (Å²) in [5.41, 5.74) is 4.27. The van der Waals surface area contributed by atoms with Gasteiger partial charge in [0.2, 0.25) is 14.7 Å². The van der Waals surface area contributed by atoms with Crippen molar-refractivity contribution in [3.05, 3.63) is 120 Å². The smallest absolute Gasteiger partial charge is 0.212 e. The highest BCUT2D eigenvalue weighted by molar-refractivity contribution is 7.93. The zero-order valence-electron chi connectivity index (χ0n) is 28.9. The molecule has 0 saturated heterocycles. The summed E-state index contributed by atoms with van der Waals surface area (Å²) in [6.07, 6.45) is 3.24. The Bertz CT molecular complexity index is 2690. The third-order valence-corrected chi connectivity index (χ3v) is 16.8. The van der Waals surface area contributed by atoms with Gasteiger partial charge < -0.3 is 13.7 Å². The monoisotopic (exact) mass is 774 g/mol. The summed E-state index contributed by atoms with van der Waals surface area (Å²) < 4.78 is 70.7. The maximum absolute atomic E-state index is 14.6. The van der Waals surface area contributed by atoms with E-state index in [1.165, 1.54) is 0 Å². The van der Waals surface area contributed by atoms with Gasteiger partial charge in [-0.25, -0.2) is 18.4 Å². The summed E-state index contributed by atoms with van der Waals surface area (Å²) in [6.45, 7) is 8.32. The van der Waals surface area contributed by atoms with Crippen molar-refractivity contribution in [3.8, 4) is 0 Å². The fourth-order valence-electron chi connectivity index (χ4n) is 7.77. The van der Waals surface area contributed by atoms with Crippen molar-refractivity contribution in [2.24, 2.45) is 0 Å². The molecule has 0 radical (unpaired) electrons. The van der Waals surface area contributed by atoms with Crippen molar-refractivity contribution >= 4 is 77.8 Å². The third kappa shape index (κ3) is 4.44. The van der Waals surface area contributed by atoms with Gasteiger partial charge in [-0.2, -0.15) is 0 Å². The van der Waals surface area contributed by atoms with Crippen LogP contribution in [-0.4, -0.2) is 32.0 Å². The van der Waals surface area contributed by atoms with Gasteiger partial charge in [0.1, 0.15) is 26.9 Å². The van der Waals surface area contributed by atoms with Crippen molar-refractivity contribution in [1.29, 1.82) is 0 Å². The van der Waals surface area contributed by atoms with Gasteiger partial charge in [0.05, 0.1) is 0 Å². The van der Waals surface area contributed by atoms with Crippen LogP contribution in [0, 0.1) is 0 Å². The van der Waals surface area contributed by atoms with Gasteiger partial charge in [0, 0.05) is 63.5 Å². The lowest BCUT2D eigenvalue weighted by Gasteiger charge is -2.39. The summed E-state index contributed by atoms with van der Waals surface area (Å²) in [5, 5.41) is 0. The van der Waals surface area contributed by atoms with Gasteiger partial charge in [-0.3, -0.25) is 9.80 Å². The Kier molecular flexibility index (Phi) is 7.11. The van der Waals surface area contributed by atoms with E-state index in [2.05, 4.69) is 29.9 Å². The SMILES string of the molecule is CC(C)c1ccc2c(c1)N1c3ncccc3[S+]([O-])c3cc(C(C)(C)c4ccc5c(c4)N4c6ncccc6S(=O)(=O)c6cccc(c64)[S+]5[O-])cc(c31)[S+]2[O-]. The standard InChI is InChI=1S/C40H30N4O5S4/c1-22(2)23-12-14-28-26(18-23)43-36-32(51(28)46)20-25(21-33(36)52(47)31-9-6-16-41-38(31)43)40(3,4)24-13-15-29-27(19-24)44-37-30(50(29)45)8-5-10-34(37)53(48,49)35-11-7-17-42-39(35)44/h5-22H,1-4H3. The second-order valence-electron chi connectivity index (χ2n) is 14.2. The molecule has 13 heteroatoms. The highest BCUT2D eigenvalue weighted by atomic mass is 32.2. The van der Waals surface area contributed by atoms with Crippen LogP contribution in [0.4, 0.5) is 34.4 Å². The Morgan fingerprint density at radius 1 is 0.604 bits per heavy atom. The third-order valence-electron chi connectivity index (χ3n) is 10.7. The molecule has 6 aromatic rings. The van der Waals surface area contributed by atoms with E-state index < -0.39 is 48.8 Å². The molecule has 0 aliphatic carbocycles. The summed E-state index contributed by atoms with van der Waals surface area (Å²) in [6, 6.07) is 27.2. The van der Waals surface area contributed by atoms with E-state index in [1.807, 2.05) is 72.2 Å². The molecule has 3 atom stereocenters. The minimum Gasteiger partial charge on any atom is -0.606 e. The van der Waals surface area contributed by atoms with Crippen LogP contribution in [0.2, 0.25) is 0 Å². The van der Waals surface area contributed by atoms with Gasteiger partial charge in [-0.15, -0.1) is 0 Å². The molecule has 264 valence electrons. The Balaban J connectivity index is 1.16. The zero-order chi connectivity index (χ0) is 36.7. The summed E-state index contributed by atoms with van der Waals surface area (Å²) in [4.78, 5) is 16.5. The van der Waals surface area contributed by atoms with Crippen LogP contribution in [0.3, 0.4) is 0 Å². The number of hydrogen-bond acceptors (Lipinski definition) is 9. The average molecular weight is 775 g/mol. The summed E-state index contributed by atoms with van der Waals surface area (Å²) in [7, 11) is -3.92. The number of pyridine rings is 2. The van der Waals surface area contributed by atoms with Crippen molar-refractivity contribution in [2.45, 2.75) is 78.2 Å². The largest absolute Gasteiger partial charge is 0.606 e. The lowest BCUT2D eigenvalue weighted by Crippen LogP contribution is -2.32. The van der Waals surface area contributed by atoms with E-state index in [0.29, 0.717) is 52.3 Å². The normalized spacial score (nSPS) is 19.8. The number of para-hydroxylation sites is 1. The van der Waals surface area contributed by atoms with Gasteiger partial charge in [0.15, 0.2) is 41.8 Å². The lowest BCUT2D eigenvalue weighted by molar-refractivity contribution is 0.582. The predicted molar refractivity (Wildman–Crippen MR) is 204 cm³/mol. The quantitative estimate of drug-likeness (QED) is 0.162. The molecule has 9 nitrogen and oxygen atoms in total. The number of benzene rings is 4. The molecule has 53 heavy (non-hydrogen) atoms. The maximum atomic E-state index is 14.6. The first-order chi connectivity index (χ1) is 25.4. The Hall–Kier alpha value is -4.34. The molecule has 4 aliphatic heterocycles. The average Bonchev–Trinajstić information content (AvgIpc) is 3.16. The molecular formula is C40H30N4O5S4. The van der Waals surface area contributed by atoms with E-state index in [1.54, 1.807) is 48.8 Å². The second-order valence-corrected chi connectivity index (χ2v) is 20.4. The highest BCUT2D eigenvalue weighted by Crippen LogP contribution is 2.58. The van der Waals surface area contributed by atoms with Crippen LogP contribution in [0.15, 0.2) is 143 Å². The van der Waals surface area contributed by atoms with Crippen molar-refractivity contribution in [1.82, 2.24) is 9.97 Å². The summed E-state index contributed by atoms with van der Waals surface area (Å²) in [5.74, 6) is 1.05. The van der Waals surface area contributed by atoms with Crippen LogP contribution in [-0.2, 0) is 48.8 Å². The van der Waals surface area contributed by atoms with Crippen molar-refractivity contribution < 1.29 is 22.1 Å². The minimum atomic E-state index is -3.92. The number of hydrogen-bond donors (Lipinski definition) is 0. The summed E-state index contributed by atoms with van der Waals surface area (Å²) >= 11 is -4.87. The van der Waals surface area contributed by atoms with Gasteiger partial charge in [-0.1, -0.05) is 45.9 Å². The fourth-order valence-corrected chi connectivity index (χ4v) is 13.6. The Labute approximate surface area is 316 Å². The molecule has 0 amide bonds. The Morgan fingerprint density at radius 2 is 1.19 bits per heavy atom. The lowest BCUT2D eigenvalue weighted by atomic mass is 9.78. The first kappa shape index (κ1) is 33.2. The molecule has 0 bridgehead atoms. The zero-order valence-corrected chi connectivity index (χ0v) is 32.1. The molecule has 0 saturated carbocycles. The van der Waals surface area contributed by atoms with Crippen LogP contribution < -0.4 is 9.80 Å². The molecule has 0 N–H and O–H groups in total. The second kappa shape index (κ2) is 11.3. The van der Waals surface area contributed by atoms with Crippen molar-refractivity contribution in [2.75, 3.05) is 9.80 Å². The molecule has 0 spiro atoms. The maximum Gasteiger partial charge on any atom is 0.212 e. The van der Waals surface area contributed by atoms with E-state index >= 15 is 0 Å². The van der Waals surface area contributed by atoms with Crippen LogP contribution in [0.25, 0.3) is 0 Å². The molecule has 4 aliphatic rings. The van der Waals surface area contributed by atoms with Crippen LogP contribution in [0.1, 0.15) is 50.3 Å². The molecular weight excluding hydrogens is 745 g/mol. The van der Waals surface area contributed by atoms with E-state index in [9.17, 15) is 22.1 Å². The number of anilines is 6. The number of aromatic nitrogens is 2. The topological polar surface area (TPSA) is 136 Å². The van der Waals surface area contributed by atoms with E-state index in [-0.39, 0.29) is 21.5 Å². The molecule has 10 rings (SSSR count). The molecule has 6 heterocycles.